The first-order chi connectivity index (χ1) is 5.80. The van der Waals surface area contributed by atoms with Crippen molar-refractivity contribution in [3.63, 3.8) is 0 Å². The molecule has 0 radical (unpaired) electrons. The third kappa shape index (κ3) is 2.86. The van der Waals surface area contributed by atoms with Crippen LogP contribution in [0.15, 0.2) is 18.2 Å². The monoisotopic (exact) mass is 354 g/mol. The highest BCUT2D eigenvalue weighted by atomic mass is 79.9. The lowest BCUT2D eigenvalue weighted by Gasteiger charge is -2.03. The van der Waals surface area contributed by atoms with E-state index in [-0.39, 0.29) is 0 Å². The van der Waals surface area contributed by atoms with E-state index >= 15 is 0 Å². The SMILES string of the molecule is BrCc1cc(CBr)cc(CBr)c1. The van der Waals surface area contributed by atoms with Gasteiger partial charge < -0.3 is 0 Å². The highest BCUT2D eigenvalue weighted by Crippen LogP contribution is 2.17. The molecular formula is C9H9Br3. The summed E-state index contributed by atoms with van der Waals surface area (Å²) in [5.74, 6) is 0. The molecule has 12 heavy (non-hydrogen) atoms. The van der Waals surface area contributed by atoms with Gasteiger partial charge in [-0.1, -0.05) is 66.0 Å². The summed E-state index contributed by atoms with van der Waals surface area (Å²) >= 11 is 10.4. The molecule has 1 rings (SSSR count). The van der Waals surface area contributed by atoms with Crippen molar-refractivity contribution >= 4 is 47.8 Å². The first kappa shape index (κ1) is 10.7. The topological polar surface area (TPSA) is 0 Å². The Kier molecular flexibility index (Phi) is 4.84. The molecule has 0 atom stereocenters. The van der Waals surface area contributed by atoms with Crippen molar-refractivity contribution in [2.24, 2.45) is 0 Å². The predicted octanol–water partition coefficient (Wildman–Crippen LogP) is 4.37. The lowest BCUT2D eigenvalue weighted by Crippen LogP contribution is -1.87. The molecule has 0 aliphatic rings. The summed E-state index contributed by atoms with van der Waals surface area (Å²) in [6.07, 6.45) is 0. The van der Waals surface area contributed by atoms with E-state index in [1.54, 1.807) is 0 Å². The Morgan fingerprint density at radius 3 is 1.08 bits per heavy atom. The average molecular weight is 357 g/mol. The maximum atomic E-state index is 3.45. The largest absolute Gasteiger partial charge is 0.0876 e. The molecule has 0 heterocycles. The molecule has 66 valence electrons. The molecule has 3 heteroatoms. The summed E-state index contributed by atoms with van der Waals surface area (Å²) in [5.41, 5.74) is 4.00. The zero-order chi connectivity index (χ0) is 8.97. The summed E-state index contributed by atoms with van der Waals surface area (Å²) in [4.78, 5) is 0. The molecule has 0 saturated heterocycles. The molecule has 0 spiro atoms. The highest BCUT2D eigenvalue weighted by Gasteiger charge is 1.98. The maximum absolute atomic E-state index is 3.45. The Hall–Kier alpha value is 0.660. The molecule has 1 aromatic carbocycles. The summed E-state index contributed by atoms with van der Waals surface area (Å²) in [5, 5.41) is 2.77. The Morgan fingerprint density at radius 1 is 0.667 bits per heavy atom. The second kappa shape index (κ2) is 5.40. The van der Waals surface area contributed by atoms with Crippen LogP contribution in [0.5, 0.6) is 0 Å². The van der Waals surface area contributed by atoms with Crippen molar-refractivity contribution in [2.45, 2.75) is 16.0 Å². The van der Waals surface area contributed by atoms with Crippen LogP contribution < -0.4 is 0 Å². The third-order valence-electron chi connectivity index (χ3n) is 1.58. The fourth-order valence-corrected chi connectivity index (χ4v) is 2.04. The first-order valence-electron chi connectivity index (χ1n) is 3.59. The summed E-state index contributed by atoms with van der Waals surface area (Å²) < 4.78 is 0. The van der Waals surface area contributed by atoms with E-state index in [1.807, 2.05) is 0 Å². The van der Waals surface area contributed by atoms with Crippen LogP contribution in [0.4, 0.5) is 0 Å². The van der Waals surface area contributed by atoms with Gasteiger partial charge in [-0.25, -0.2) is 0 Å². The Labute approximate surface area is 98.1 Å². The number of alkyl halides is 3. The summed E-state index contributed by atoms with van der Waals surface area (Å²) in [7, 11) is 0. The molecule has 0 amide bonds. The van der Waals surface area contributed by atoms with E-state index in [0.717, 1.165) is 16.0 Å². The fraction of sp³-hybridized carbons (Fsp3) is 0.333. The molecule has 1 aromatic rings. The first-order valence-corrected chi connectivity index (χ1v) is 6.96. The van der Waals surface area contributed by atoms with Crippen molar-refractivity contribution in [3.8, 4) is 0 Å². The predicted molar refractivity (Wildman–Crippen MR) is 64.3 cm³/mol. The van der Waals surface area contributed by atoms with Crippen LogP contribution in [0.2, 0.25) is 0 Å². The standard InChI is InChI=1S/C9H9Br3/c10-4-7-1-8(5-11)3-9(2-7)6-12/h1-3H,4-6H2. The minimum atomic E-state index is 0.924. The van der Waals surface area contributed by atoms with Gasteiger partial charge >= 0.3 is 0 Å². The van der Waals surface area contributed by atoms with Crippen molar-refractivity contribution in [1.29, 1.82) is 0 Å². The van der Waals surface area contributed by atoms with Crippen LogP contribution in [0, 0.1) is 0 Å². The van der Waals surface area contributed by atoms with Crippen LogP contribution in [0.1, 0.15) is 16.7 Å². The van der Waals surface area contributed by atoms with Crippen LogP contribution in [-0.2, 0) is 16.0 Å². The number of hydrogen-bond acceptors (Lipinski definition) is 0. The van der Waals surface area contributed by atoms with Crippen molar-refractivity contribution < 1.29 is 0 Å². The fourth-order valence-electron chi connectivity index (χ4n) is 1.07. The van der Waals surface area contributed by atoms with Gasteiger partial charge in [-0.05, 0) is 16.7 Å². The van der Waals surface area contributed by atoms with E-state index in [0.29, 0.717) is 0 Å². The van der Waals surface area contributed by atoms with Gasteiger partial charge in [0.15, 0.2) is 0 Å². The normalized spacial score (nSPS) is 10.2. The van der Waals surface area contributed by atoms with Crippen molar-refractivity contribution in [3.05, 3.63) is 34.9 Å². The lowest BCUT2D eigenvalue weighted by atomic mass is 10.1. The Morgan fingerprint density at radius 2 is 0.917 bits per heavy atom. The molecular weight excluding hydrogens is 348 g/mol. The molecule has 0 unspecified atom stereocenters. The quantitative estimate of drug-likeness (QED) is 0.705. The van der Waals surface area contributed by atoms with Crippen LogP contribution in [0.3, 0.4) is 0 Å². The second-order valence-corrected chi connectivity index (χ2v) is 4.24. The molecule has 0 aliphatic heterocycles. The number of hydrogen-bond donors (Lipinski definition) is 0. The van der Waals surface area contributed by atoms with E-state index in [2.05, 4.69) is 66.0 Å². The molecule has 0 fully saturated rings. The average Bonchev–Trinajstić information content (AvgIpc) is 2.16. The molecule has 0 nitrogen and oxygen atoms in total. The van der Waals surface area contributed by atoms with E-state index in [4.69, 9.17) is 0 Å². The highest BCUT2D eigenvalue weighted by molar-refractivity contribution is 9.09. The van der Waals surface area contributed by atoms with Gasteiger partial charge in [-0.2, -0.15) is 0 Å². The molecule has 0 aliphatic carbocycles. The third-order valence-corrected chi connectivity index (χ3v) is 3.52. The molecule has 0 saturated carbocycles. The molecule has 0 bridgehead atoms. The number of halogens is 3. The van der Waals surface area contributed by atoms with E-state index in [9.17, 15) is 0 Å². The van der Waals surface area contributed by atoms with Crippen molar-refractivity contribution in [1.82, 2.24) is 0 Å². The number of benzene rings is 1. The second-order valence-electron chi connectivity index (χ2n) is 2.56. The Bertz CT molecular complexity index is 203. The van der Waals surface area contributed by atoms with Gasteiger partial charge in [0.2, 0.25) is 0 Å². The van der Waals surface area contributed by atoms with E-state index in [1.165, 1.54) is 16.7 Å². The van der Waals surface area contributed by atoms with Gasteiger partial charge in [0.1, 0.15) is 0 Å². The molecule has 0 N–H and O–H groups in total. The lowest BCUT2D eigenvalue weighted by molar-refractivity contribution is 1.29. The molecule has 0 aromatic heterocycles. The summed E-state index contributed by atoms with van der Waals surface area (Å²) in [6.45, 7) is 0. The number of rotatable bonds is 3. The van der Waals surface area contributed by atoms with Gasteiger partial charge in [0.05, 0.1) is 0 Å². The van der Waals surface area contributed by atoms with E-state index < -0.39 is 0 Å². The van der Waals surface area contributed by atoms with Gasteiger partial charge in [0.25, 0.3) is 0 Å². The van der Waals surface area contributed by atoms with Gasteiger partial charge in [-0.15, -0.1) is 0 Å². The van der Waals surface area contributed by atoms with Crippen LogP contribution >= 0.6 is 47.8 Å². The zero-order valence-corrected chi connectivity index (χ0v) is 11.2. The summed E-state index contributed by atoms with van der Waals surface area (Å²) in [6, 6.07) is 6.61. The van der Waals surface area contributed by atoms with Crippen LogP contribution in [-0.4, -0.2) is 0 Å². The Balaban J connectivity index is 3.01. The minimum absolute atomic E-state index is 0.924. The van der Waals surface area contributed by atoms with Gasteiger partial charge in [-0.3, -0.25) is 0 Å². The van der Waals surface area contributed by atoms with Gasteiger partial charge in [0, 0.05) is 16.0 Å². The van der Waals surface area contributed by atoms with Crippen molar-refractivity contribution in [2.75, 3.05) is 0 Å². The zero-order valence-electron chi connectivity index (χ0n) is 6.49. The smallest absolute Gasteiger partial charge is 0.0283 e. The van der Waals surface area contributed by atoms with Crippen LogP contribution in [0.25, 0.3) is 0 Å². The maximum Gasteiger partial charge on any atom is 0.0283 e. The minimum Gasteiger partial charge on any atom is -0.0876 e.